The second-order valence-corrected chi connectivity index (χ2v) is 22.1. The van der Waals surface area contributed by atoms with Crippen molar-refractivity contribution in [1.29, 1.82) is 0 Å². The minimum Gasteiger partial charge on any atom is -0.543 e. The minimum absolute atomic E-state index is 0.516. The zero-order valence-electron chi connectivity index (χ0n) is 27.6. The summed E-state index contributed by atoms with van der Waals surface area (Å²) < 4.78 is 18.3. The van der Waals surface area contributed by atoms with Crippen LogP contribution in [0, 0.1) is 11.8 Å². The first kappa shape index (κ1) is 35.4. The SMILES string of the molecule is COc1ccc([Si](C)(C)/C=C/C(=C\CCC#C/C=C/CCOCc2ccccc2)O[Si](C(C)C)(C(C)C)C(C)C)cc1. The Morgan fingerprint density at radius 2 is 1.50 bits per heavy atom. The van der Waals surface area contributed by atoms with Crippen LogP contribution in [0.5, 0.6) is 5.75 Å². The van der Waals surface area contributed by atoms with Gasteiger partial charge in [-0.15, -0.1) is 0 Å². The molecule has 0 saturated carbocycles. The molecule has 3 nitrogen and oxygen atoms in total. The van der Waals surface area contributed by atoms with Crippen LogP contribution in [-0.4, -0.2) is 30.1 Å². The van der Waals surface area contributed by atoms with Crippen LogP contribution in [0.1, 0.15) is 66.4 Å². The molecule has 0 aliphatic carbocycles. The van der Waals surface area contributed by atoms with Crippen LogP contribution < -0.4 is 9.92 Å². The quantitative estimate of drug-likeness (QED) is 0.0629. The summed E-state index contributed by atoms with van der Waals surface area (Å²) in [5.74, 6) is 8.40. The van der Waals surface area contributed by atoms with Crippen molar-refractivity contribution >= 4 is 21.6 Å². The Kier molecular flexibility index (Phi) is 15.2. The molecule has 0 aliphatic heterocycles. The fourth-order valence-electron chi connectivity index (χ4n) is 5.58. The number of hydrogen-bond donors (Lipinski definition) is 0. The molecule has 2 aromatic rings. The van der Waals surface area contributed by atoms with Gasteiger partial charge in [-0.25, -0.2) is 0 Å². The van der Waals surface area contributed by atoms with Gasteiger partial charge in [-0.1, -0.05) is 126 Å². The molecule has 5 heteroatoms. The average Bonchev–Trinajstić information content (AvgIpc) is 2.96. The summed E-state index contributed by atoms with van der Waals surface area (Å²) in [6.45, 7) is 20.2. The van der Waals surface area contributed by atoms with E-state index in [9.17, 15) is 0 Å². The van der Waals surface area contributed by atoms with E-state index in [1.54, 1.807) is 7.11 Å². The van der Waals surface area contributed by atoms with Gasteiger partial charge in [-0.05, 0) is 65.4 Å². The second kappa shape index (κ2) is 18.0. The monoisotopic (exact) mass is 602 g/mol. The van der Waals surface area contributed by atoms with E-state index in [4.69, 9.17) is 13.9 Å². The van der Waals surface area contributed by atoms with Gasteiger partial charge in [0.15, 0.2) is 0 Å². The van der Waals surface area contributed by atoms with Crippen LogP contribution in [0.15, 0.2) is 90.4 Å². The van der Waals surface area contributed by atoms with Gasteiger partial charge in [0, 0.05) is 6.42 Å². The summed E-state index contributed by atoms with van der Waals surface area (Å²) in [5, 5.41) is 1.38. The number of benzene rings is 2. The summed E-state index contributed by atoms with van der Waals surface area (Å²) in [6.07, 6.45) is 11.1. The molecule has 0 spiro atoms. The Morgan fingerprint density at radius 1 is 0.857 bits per heavy atom. The minimum atomic E-state index is -2.08. The molecule has 0 heterocycles. The number of methoxy groups -OCH3 is 1. The lowest BCUT2D eigenvalue weighted by atomic mass is 10.2. The predicted molar refractivity (Wildman–Crippen MR) is 186 cm³/mol. The zero-order valence-corrected chi connectivity index (χ0v) is 29.6. The first-order valence-corrected chi connectivity index (χ1v) is 20.7. The number of allylic oxidation sites excluding steroid dienone is 3. The van der Waals surface area contributed by atoms with Gasteiger partial charge in [0.1, 0.15) is 13.8 Å². The molecular formula is C37H54O3Si2. The standard InChI is InChI=1S/C37H54O3Si2/c1-31(2)42(32(3)4,33(5)6)40-36(27-29-41(8,9)37-25-23-35(38-7)24-26-37)22-18-13-11-10-12-14-19-28-39-30-34-20-16-15-17-21-34/h12,14-17,20-27,29,31-33H,13,18-19,28,30H2,1-9H3/b14-12+,29-27+,36-22+. The third kappa shape index (κ3) is 11.1. The van der Waals surface area contributed by atoms with Crippen LogP contribution in [0.25, 0.3) is 0 Å². The average molecular weight is 603 g/mol. The largest absolute Gasteiger partial charge is 0.543 e. The van der Waals surface area contributed by atoms with Crippen LogP contribution in [0.3, 0.4) is 0 Å². The maximum Gasteiger partial charge on any atom is 0.258 e. The summed E-state index contributed by atoms with van der Waals surface area (Å²) in [4.78, 5) is 0. The highest BCUT2D eigenvalue weighted by Crippen LogP contribution is 2.43. The molecule has 0 unspecified atom stereocenters. The van der Waals surface area contributed by atoms with Crippen molar-refractivity contribution in [3.8, 4) is 17.6 Å². The third-order valence-electron chi connectivity index (χ3n) is 7.96. The molecule has 0 radical (unpaired) electrons. The fraction of sp³-hybridized carbons (Fsp3) is 0.459. The van der Waals surface area contributed by atoms with Crippen molar-refractivity contribution in [2.45, 2.75) is 97.1 Å². The summed E-state index contributed by atoms with van der Waals surface area (Å²) in [6, 6.07) is 18.8. The lowest BCUT2D eigenvalue weighted by molar-refractivity contribution is 0.125. The van der Waals surface area contributed by atoms with E-state index >= 15 is 0 Å². The summed E-state index contributed by atoms with van der Waals surface area (Å²) in [5.41, 5.74) is 5.16. The highest BCUT2D eigenvalue weighted by Gasteiger charge is 2.47. The van der Waals surface area contributed by atoms with E-state index in [2.05, 4.69) is 127 Å². The van der Waals surface area contributed by atoms with Crippen molar-refractivity contribution in [3.63, 3.8) is 0 Å². The molecule has 0 amide bonds. The van der Waals surface area contributed by atoms with Crippen LogP contribution in [0.4, 0.5) is 0 Å². The van der Waals surface area contributed by atoms with Crippen molar-refractivity contribution in [3.05, 3.63) is 95.9 Å². The fourth-order valence-corrected chi connectivity index (χ4v) is 12.7. The summed E-state index contributed by atoms with van der Waals surface area (Å²) >= 11 is 0. The third-order valence-corrected chi connectivity index (χ3v) is 16.8. The van der Waals surface area contributed by atoms with Crippen molar-refractivity contribution < 1.29 is 13.9 Å². The summed E-state index contributed by atoms with van der Waals surface area (Å²) in [7, 11) is -2.19. The maximum atomic E-state index is 7.14. The second-order valence-electron chi connectivity index (χ2n) is 12.4. The van der Waals surface area contributed by atoms with Gasteiger partial charge in [-0.2, -0.15) is 0 Å². The Bertz CT molecular complexity index is 1180. The van der Waals surface area contributed by atoms with Gasteiger partial charge in [0.05, 0.1) is 26.1 Å². The van der Waals surface area contributed by atoms with Gasteiger partial charge < -0.3 is 13.9 Å². The number of ether oxygens (including phenoxy) is 2. The predicted octanol–water partition coefficient (Wildman–Crippen LogP) is 9.73. The first-order valence-electron chi connectivity index (χ1n) is 15.5. The van der Waals surface area contributed by atoms with Crippen molar-refractivity contribution in [2.24, 2.45) is 0 Å². The number of hydrogen-bond acceptors (Lipinski definition) is 3. The smallest absolute Gasteiger partial charge is 0.258 e. The normalized spacial score (nSPS) is 12.9. The molecule has 0 saturated heterocycles. The van der Waals surface area contributed by atoms with Gasteiger partial charge in [0.2, 0.25) is 0 Å². The lowest BCUT2D eigenvalue weighted by Gasteiger charge is -2.42. The Hall–Kier alpha value is -2.79. The Labute approximate surface area is 259 Å². The highest BCUT2D eigenvalue weighted by atomic mass is 28.4. The maximum absolute atomic E-state index is 7.14. The molecular weight excluding hydrogens is 549 g/mol. The van der Waals surface area contributed by atoms with Crippen LogP contribution in [-0.2, 0) is 15.8 Å². The first-order chi connectivity index (χ1) is 20.0. The number of rotatable bonds is 16. The molecule has 0 fully saturated rings. The molecule has 2 rings (SSSR count). The Balaban J connectivity index is 2.08. The van der Waals surface area contributed by atoms with Gasteiger partial charge >= 0.3 is 0 Å². The molecule has 0 bridgehead atoms. The van der Waals surface area contributed by atoms with Gasteiger partial charge in [-0.3, -0.25) is 0 Å². The van der Waals surface area contributed by atoms with E-state index in [0.717, 1.165) is 30.8 Å². The van der Waals surface area contributed by atoms with Crippen molar-refractivity contribution in [1.82, 2.24) is 0 Å². The highest BCUT2D eigenvalue weighted by molar-refractivity contribution is 6.94. The molecule has 0 aliphatic rings. The van der Waals surface area contributed by atoms with E-state index in [1.807, 2.05) is 24.3 Å². The van der Waals surface area contributed by atoms with E-state index in [0.29, 0.717) is 29.8 Å². The zero-order chi connectivity index (χ0) is 31.0. The topological polar surface area (TPSA) is 27.7 Å². The molecule has 0 atom stereocenters. The van der Waals surface area contributed by atoms with Crippen molar-refractivity contribution in [2.75, 3.05) is 13.7 Å². The molecule has 0 N–H and O–H groups in total. The van der Waals surface area contributed by atoms with Crippen LogP contribution in [0.2, 0.25) is 29.7 Å². The van der Waals surface area contributed by atoms with Crippen LogP contribution >= 0.6 is 0 Å². The molecule has 2 aromatic carbocycles. The lowest BCUT2D eigenvalue weighted by Crippen LogP contribution is -2.47. The number of unbranched alkanes of at least 4 members (excludes halogenated alkanes) is 1. The van der Waals surface area contributed by atoms with E-state index in [-0.39, 0.29) is 0 Å². The molecule has 42 heavy (non-hydrogen) atoms. The van der Waals surface area contributed by atoms with E-state index in [1.165, 1.54) is 10.8 Å². The van der Waals surface area contributed by atoms with Gasteiger partial charge in [0.25, 0.3) is 8.32 Å². The Morgan fingerprint density at radius 3 is 2.10 bits per heavy atom. The molecule has 228 valence electrons. The molecule has 0 aromatic heterocycles. The van der Waals surface area contributed by atoms with E-state index < -0.39 is 16.4 Å².